The lowest BCUT2D eigenvalue weighted by molar-refractivity contribution is -0.139. The smallest absolute Gasteiger partial charge is 0.247 e. The van der Waals surface area contributed by atoms with E-state index in [9.17, 15) is 14.0 Å². The van der Waals surface area contributed by atoms with Gasteiger partial charge in [0, 0.05) is 44.8 Å². The summed E-state index contributed by atoms with van der Waals surface area (Å²) in [5, 5.41) is 3.33. The molecular formula is C24H36ClFN4O3. The number of amides is 2. The normalized spacial score (nSPS) is 23.9. The Labute approximate surface area is 202 Å². The highest BCUT2D eigenvalue weighted by Crippen LogP contribution is 2.31. The molecule has 184 valence electrons. The van der Waals surface area contributed by atoms with E-state index < -0.39 is 0 Å². The first-order valence-electron chi connectivity index (χ1n) is 11.9. The lowest BCUT2D eigenvalue weighted by atomic mass is 10.1. The van der Waals surface area contributed by atoms with E-state index in [0.29, 0.717) is 18.3 Å². The summed E-state index contributed by atoms with van der Waals surface area (Å²) in [4.78, 5) is 31.2. The van der Waals surface area contributed by atoms with Gasteiger partial charge >= 0.3 is 0 Å². The molecular weight excluding hydrogens is 447 g/mol. The zero-order valence-electron chi connectivity index (χ0n) is 19.8. The minimum absolute atomic E-state index is 0. The van der Waals surface area contributed by atoms with E-state index in [1.165, 1.54) is 11.0 Å². The Balaban J connectivity index is 0.00000306. The number of rotatable bonds is 9. The lowest BCUT2D eigenvalue weighted by Crippen LogP contribution is -2.47. The second-order valence-corrected chi connectivity index (χ2v) is 9.50. The van der Waals surface area contributed by atoms with Crippen LogP contribution >= 0.6 is 12.4 Å². The van der Waals surface area contributed by atoms with Gasteiger partial charge in [0.1, 0.15) is 11.6 Å². The van der Waals surface area contributed by atoms with Crippen molar-refractivity contribution in [2.45, 2.75) is 58.2 Å². The highest BCUT2D eigenvalue weighted by atomic mass is 35.5. The number of carbonyl (C=O) groups is 2. The largest absolute Gasteiger partial charge is 0.489 e. The number of hydrogen-bond acceptors (Lipinski definition) is 6. The SMILES string of the molecule is CC(C)Oc1ccc(F)cc1N1CCN(CCCN2C(=O)C(C)C(NC3CC3)C2=O)CC1.Cl. The number of anilines is 1. The van der Waals surface area contributed by atoms with Crippen LogP contribution < -0.4 is 15.0 Å². The molecule has 0 spiro atoms. The molecule has 1 N–H and O–H groups in total. The summed E-state index contributed by atoms with van der Waals surface area (Å²) >= 11 is 0. The molecule has 0 bridgehead atoms. The van der Waals surface area contributed by atoms with Crippen LogP contribution in [0.25, 0.3) is 0 Å². The van der Waals surface area contributed by atoms with Crippen molar-refractivity contribution in [2.24, 2.45) is 5.92 Å². The van der Waals surface area contributed by atoms with Gasteiger partial charge in [-0.25, -0.2) is 4.39 Å². The van der Waals surface area contributed by atoms with Gasteiger partial charge < -0.3 is 15.0 Å². The molecule has 2 amide bonds. The molecule has 4 rings (SSSR count). The first-order valence-corrected chi connectivity index (χ1v) is 11.9. The van der Waals surface area contributed by atoms with Crippen LogP contribution in [-0.2, 0) is 9.59 Å². The summed E-state index contributed by atoms with van der Waals surface area (Å²) in [5.41, 5.74) is 0.801. The molecule has 2 saturated heterocycles. The second kappa shape index (κ2) is 11.0. The number of piperazine rings is 1. The zero-order chi connectivity index (χ0) is 22.8. The van der Waals surface area contributed by atoms with Crippen molar-refractivity contribution in [1.82, 2.24) is 15.1 Å². The Hall–Kier alpha value is -1.90. The number of likely N-dealkylation sites (tertiary alicyclic amines) is 1. The Kier molecular flexibility index (Phi) is 8.59. The molecule has 1 aromatic carbocycles. The molecule has 2 unspecified atom stereocenters. The molecule has 1 saturated carbocycles. The quantitative estimate of drug-likeness (QED) is 0.546. The Morgan fingerprint density at radius 2 is 1.79 bits per heavy atom. The number of nitrogens with one attached hydrogen (secondary N) is 1. The average Bonchev–Trinajstić information content (AvgIpc) is 3.56. The minimum atomic E-state index is -0.355. The van der Waals surface area contributed by atoms with Crippen LogP contribution in [-0.4, -0.2) is 79.1 Å². The fourth-order valence-corrected chi connectivity index (χ4v) is 4.57. The van der Waals surface area contributed by atoms with E-state index in [1.54, 1.807) is 12.1 Å². The van der Waals surface area contributed by atoms with E-state index in [0.717, 1.165) is 57.7 Å². The Bertz CT molecular complexity index is 843. The average molecular weight is 483 g/mol. The summed E-state index contributed by atoms with van der Waals surface area (Å²) in [6.45, 7) is 10.3. The van der Waals surface area contributed by atoms with E-state index in [-0.39, 0.29) is 48.1 Å². The third kappa shape index (κ3) is 6.16. The summed E-state index contributed by atoms with van der Waals surface area (Å²) in [5.74, 6) is 0.0523. The van der Waals surface area contributed by atoms with Crippen molar-refractivity contribution >= 4 is 29.9 Å². The molecule has 2 aliphatic heterocycles. The highest BCUT2D eigenvalue weighted by molar-refractivity contribution is 6.06. The van der Waals surface area contributed by atoms with E-state index >= 15 is 0 Å². The minimum Gasteiger partial charge on any atom is -0.489 e. The van der Waals surface area contributed by atoms with Crippen LogP contribution in [0.1, 0.15) is 40.0 Å². The van der Waals surface area contributed by atoms with Crippen LogP contribution in [0.15, 0.2) is 18.2 Å². The monoisotopic (exact) mass is 482 g/mol. The topological polar surface area (TPSA) is 65.1 Å². The molecule has 1 aromatic rings. The molecule has 7 nitrogen and oxygen atoms in total. The van der Waals surface area contributed by atoms with Crippen molar-refractivity contribution in [2.75, 3.05) is 44.2 Å². The van der Waals surface area contributed by atoms with Crippen LogP contribution in [0, 0.1) is 11.7 Å². The van der Waals surface area contributed by atoms with Crippen molar-refractivity contribution in [3.05, 3.63) is 24.0 Å². The third-order valence-electron chi connectivity index (χ3n) is 6.53. The maximum Gasteiger partial charge on any atom is 0.247 e. The van der Waals surface area contributed by atoms with Crippen molar-refractivity contribution in [1.29, 1.82) is 0 Å². The van der Waals surface area contributed by atoms with Crippen LogP contribution in [0.5, 0.6) is 5.75 Å². The molecule has 0 aromatic heterocycles. The van der Waals surface area contributed by atoms with Crippen LogP contribution in [0.2, 0.25) is 0 Å². The van der Waals surface area contributed by atoms with Gasteiger partial charge in [-0.3, -0.25) is 19.4 Å². The van der Waals surface area contributed by atoms with Crippen molar-refractivity contribution in [3.63, 3.8) is 0 Å². The van der Waals surface area contributed by atoms with E-state index in [2.05, 4.69) is 15.1 Å². The van der Waals surface area contributed by atoms with Crippen molar-refractivity contribution in [3.8, 4) is 5.75 Å². The number of nitrogens with zero attached hydrogens (tertiary/aromatic N) is 3. The maximum absolute atomic E-state index is 13.9. The first kappa shape index (κ1) is 25.7. The highest BCUT2D eigenvalue weighted by Gasteiger charge is 2.46. The van der Waals surface area contributed by atoms with Gasteiger partial charge in [0.25, 0.3) is 0 Å². The summed E-state index contributed by atoms with van der Waals surface area (Å²) in [7, 11) is 0. The fraction of sp³-hybridized carbons (Fsp3) is 0.667. The van der Waals surface area contributed by atoms with Gasteiger partial charge in [-0.2, -0.15) is 0 Å². The predicted octanol–water partition coefficient (Wildman–Crippen LogP) is 2.67. The zero-order valence-corrected chi connectivity index (χ0v) is 20.6. The molecule has 9 heteroatoms. The van der Waals surface area contributed by atoms with Crippen LogP contribution in [0.3, 0.4) is 0 Å². The Morgan fingerprint density at radius 3 is 2.42 bits per heavy atom. The first-order chi connectivity index (χ1) is 15.3. The second-order valence-electron chi connectivity index (χ2n) is 9.50. The summed E-state index contributed by atoms with van der Waals surface area (Å²) < 4.78 is 19.7. The molecule has 2 atom stereocenters. The number of benzene rings is 1. The number of ether oxygens (including phenoxy) is 1. The van der Waals surface area contributed by atoms with Gasteiger partial charge in [-0.05, 0) is 51.8 Å². The molecule has 2 heterocycles. The predicted molar refractivity (Wildman–Crippen MR) is 129 cm³/mol. The van der Waals surface area contributed by atoms with E-state index in [1.807, 2.05) is 20.8 Å². The number of imide groups is 1. The summed E-state index contributed by atoms with van der Waals surface area (Å²) in [6.07, 6.45) is 2.98. The van der Waals surface area contributed by atoms with E-state index in [4.69, 9.17) is 4.74 Å². The number of carbonyl (C=O) groups excluding carboxylic acids is 2. The number of halogens is 2. The molecule has 3 fully saturated rings. The lowest BCUT2D eigenvalue weighted by Gasteiger charge is -2.37. The third-order valence-corrected chi connectivity index (χ3v) is 6.53. The van der Waals surface area contributed by atoms with Gasteiger partial charge in [0.05, 0.1) is 23.8 Å². The maximum atomic E-state index is 13.9. The van der Waals surface area contributed by atoms with Gasteiger partial charge in [-0.15, -0.1) is 12.4 Å². The standard InChI is InChI=1S/C24H35FN4O3.ClH/c1-16(2)32-21-8-5-18(25)15-20(21)28-13-11-27(12-14-28)9-4-10-29-23(30)17(3)22(24(29)31)26-19-6-7-19;/h5,8,15-17,19,22,26H,4,6-7,9-14H2,1-3H3;1H. The summed E-state index contributed by atoms with van der Waals surface area (Å²) in [6, 6.07) is 4.73. The van der Waals surface area contributed by atoms with Crippen LogP contribution in [0.4, 0.5) is 10.1 Å². The van der Waals surface area contributed by atoms with Gasteiger partial charge in [0.2, 0.25) is 11.8 Å². The molecule has 3 aliphatic rings. The van der Waals surface area contributed by atoms with Crippen molar-refractivity contribution < 1.29 is 18.7 Å². The molecule has 33 heavy (non-hydrogen) atoms. The van der Waals surface area contributed by atoms with Gasteiger partial charge in [-0.1, -0.05) is 6.92 Å². The Morgan fingerprint density at radius 1 is 1.09 bits per heavy atom. The molecule has 0 radical (unpaired) electrons. The fourth-order valence-electron chi connectivity index (χ4n) is 4.57. The molecule has 1 aliphatic carbocycles. The van der Waals surface area contributed by atoms with Gasteiger partial charge in [0.15, 0.2) is 0 Å². The number of hydrogen-bond donors (Lipinski definition) is 1.